The number of hydrogen-bond donors (Lipinski definition) is 1. The van der Waals surface area contributed by atoms with E-state index in [-0.39, 0.29) is 11.9 Å². The smallest absolute Gasteiger partial charge is 0.338 e. The molecule has 0 heterocycles. The Bertz CT molecular complexity index is 409. The van der Waals surface area contributed by atoms with Crippen molar-refractivity contribution in [3.63, 3.8) is 0 Å². The molecule has 0 saturated carbocycles. The van der Waals surface area contributed by atoms with Gasteiger partial charge in [0.15, 0.2) is 0 Å². The van der Waals surface area contributed by atoms with E-state index in [1.807, 2.05) is 0 Å². The molecule has 0 aliphatic heterocycles. The number of nitrogens with one attached hydrogen (secondary N) is 1. The number of esters is 1. The van der Waals surface area contributed by atoms with E-state index >= 15 is 0 Å². The van der Waals surface area contributed by atoms with Gasteiger partial charge in [-0.25, -0.2) is 4.79 Å². The van der Waals surface area contributed by atoms with Gasteiger partial charge in [0.25, 0.3) is 0 Å². The van der Waals surface area contributed by atoms with Gasteiger partial charge in [-0.3, -0.25) is 4.79 Å². The van der Waals surface area contributed by atoms with Crippen LogP contribution in [-0.4, -0.2) is 18.5 Å². The molecule has 4 nitrogen and oxygen atoms in total. The first kappa shape index (κ1) is 13.0. The van der Waals surface area contributed by atoms with Gasteiger partial charge in [-0.2, -0.15) is 0 Å². The Balaban J connectivity index is 2.57. The molecule has 1 rings (SSSR count). The maximum atomic E-state index is 11.5. The molecule has 0 atom stereocenters. The predicted molar refractivity (Wildman–Crippen MR) is 65.8 cm³/mol. The molecule has 1 aromatic carbocycles. The summed E-state index contributed by atoms with van der Waals surface area (Å²) in [6, 6.07) is 6.54. The minimum absolute atomic E-state index is 0.147. The number of amides is 1. The van der Waals surface area contributed by atoms with E-state index in [9.17, 15) is 9.59 Å². The number of anilines is 1. The Labute approximate surface area is 100 Å². The first-order valence-corrected chi connectivity index (χ1v) is 5.29. The zero-order valence-electron chi connectivity index (χ0n) is 9.73. The fourth-order valence-corrected chi connectivity index (χ4v) is 1.21. The lowest BCUT2D eigenvalue weighted by Gasteiger charge is -2.05. The van der Waals surface area contributed by atoms with E-state index in [0.717, 1.165) is 0 Å². The summed E-state index contributed by atoms with van der Waals surface area (Å²) in [4.78, 5) is 22.3. The van der Waals surface area contributed by atoms with Crippen molar-refractivity contribution in [2.75, 3.05) is 11.9 Å². The van der Waals surface area contributed by atoms with Gasteiger partial charge in [0.2, 0.25) is 5.91 Å². The Morgan fingerprint density at radius 2 is 2.00 bits per heavy atom. The fourth-order valence-electron chi connectivity index (χ4n) is 1.21. The van der Waals surface area contributed by atoms with Gasteiger partial charge in [-0.1, -0.05) is 6.08 Å². The highest BCUT2D eigenvalue weighted by Gasteiger charge is 2.06. The van der Waals surface area contributed by atoms with E-state index in [4.69, 9.17) is 4.74 Å². The van der Waals surface area contributed by atoms with Crippen LogP contribution in [0.1, 0.15) is 23.7 Å². The topological polar surface area (TPSA) is 55.4 Å². The maximum absolute atomic E-state index is 11.5. The fraction of sp³-hybridized carbons (Fsp3) is 0.231. The van der Waals surface area contributed by atoms with Gasteiger partial charge in [-0.15, -0.1) is 6.58 Å². The van der Waals surface area contributed by atoms with Crippen LogP contribution in [0.15, 0.2) is 36.9 Å². The standard InChI is InChI=1S/C13H15NO3/c1-3-4-9-17-13(16)11-5-7-12(8-6-11)14-10(2)15/h3,5-8H,1,4,9H2,2H3,(H,14,15). The summed E-state index contributed by atoms with van der Waals surface area (Å²) in [6.45, 7) is 5.30. The van der Waals surface area contributed by atoms with E-state index < -0.39 is 0 Å². The summed E-state index contributed by atoms with van der Waals surface area (Å²) in [7, 11) is 0. The normalized spacial score (nSPS) is 9.47. The molecule has 0 spiro atoms. The second kappa shape index (κ2) is 6.48. The lowest BCUT2D eigenvalue weighted by atomic mass is 10.2. The molecule has 1 N–H and O–H groups in total. The number of carbonyl (C=O) groups is 2. The molecular weight excluding hydrogens is 218 g/mol. The monoisotopic (exact) mass is 233 g/mol. The highest BCUT2D eigenvalue weighted by molar-refractivity contribution is 5.92. The third kappa shape index (κ3) is 4.51. The minimum Gasteiger partial charge on any atom is -0.462 e. The van der Waals surface area contributed by atoms with Crippen LogP contribution in [0.4, 0.5) is 5.69 Å². The van der Waals surface area contributed by atoms with Crippen molar-refractivity contribution >= 4 is 17.6 Å². The molecule has 0 radical (unpaired) electrons. The first-order chi connectivity index (χ1) is 8.13. The van der Waals surface area contributed by atoms with Gasteiger partial charge in [0.05, 0.1) is 12.2 Å². The third-order valence-corrected chi connectivity index (χ3v) is 2.00. The van der Waals surface area contributed by atoms with Crippen LogP contribution in [0.3, 0.4) is 0 Å². The molecule has 0 unspecified atom stereocenters. The molecule has 0 bridgehead atoms. The minimum atomic E-state index is -0.374. The Kier molecular flexibility index (Phi) is 4.94. The Morgan fingerprint density at radius 1 is 1.35 bits per heavy atom. The lowest BCUT2D eigenvalue weighted by molar-refractivity contribution is -0.114. The summed E-state index contributed by atoms with van der Waals surface area (Å²) in [5.41, 5.74) is 1.11. The highest BCUT2D eigenvalue weighted by atomic mass is 16.5. The zero-order valence-corrected chi connectivity index (χ0v) is 9.73. The molecule has 1 aromatic rings. The number of ether oxygens (including phenoxy) is 1. The van der Waals surface area contributed by atoms with Crippen molar-refractivity contribution in [2.24, 2.45) is 0 Å². The van der Waals surface area contributed by atoms with Crippen molar-refractivity contribution in [3.05, 3.63) is 42.5 Å². The molecule has 0 saturated heterocycles. The van der Waals surface area contributed by atoms with E-state index in [2.05, 4.69) is 11.9 Å². The van der Waals surface area contributed by atoms with Crippen molar-refractivity contribution in [3.8, 4) is 0 Å². The van der Waals surface area contributed by atoms with Crippen molar-refractivity contribution < 1.29 is 14.3 Å². The van der Waals surface area contributed by atoms with Crippen LogP contribution >= 0.6 is 0 Å². The molecule has 0 fully saturated rings. The number of benzene rings is 1. The summed E-state index contributed by atoms with van der Waals surface area (Å²) in [5.74, 6) is -0.521. The molecular formula is C13H15NO3. The molecule has 0 aliphatic rings. The summed E-state index contributed by atoms with van der Waals surface area (Å²) in [5, 5.41) is 2.62. The quantitative estimate of drug-likeness (QED) is 0.482. The van der Waals surface area contributed by atoms with E-state index in [1.165, 1.54) is 6.92 Å². The zero-order chi connectivity index (χ0) is 12.7. The molecule has 4 heteroatoms. The third-order valence-electron chi connectivity index (χ3n) is 2.00. The average molecular weight is 233 g/mol. The average Bonchev–Trinajstić information content (AvgIpc) is 2.29. The van der Waals surface area contributed by atoms with Gasteiger partial charge in [0.1, 0.15) is 0 Å². The van der Waals surface area contributed by atoms with Gasteiger partial charge in [0, 0.05) is 12.6 Å². The van der Waals surface area contributed by atoms with Crippen molar-refractivity contribution in [1.29, 1.82) is 0 Å². The van der Waals surface area contributed by atoms with Crippen LogP contribution in [0, 0.1) is 0 Å². The Hall–Kier alpha value is -2.10. The number of rotatable bonds is 5. The molecule has 0 aromatic heterocycles. The van der Waals surface area contributed by atoms with Crippen molar-refractivity contribution in [1.82, 2.24) is 0 Å². The van der Waals surface area contributed by atoms with Gasteiger partial charge < -0.3 is 10.1 Å². The summed E-state index contributed by atoms with van der Waals surface area (Å²) >= 11 is 0. The second-order valence-corrected chi connectivity index (χ2v) is 3.47. The summed E-state index contributed by atoms with van der Waals surface area (Å²) in [6.07, 6.45) is 2.32. The van der Waals surface area contributed by atoms with Gasteiger partial charge in [-0.05, 0) is 30.7 Å². The first-order valence-electron chi connectivity index (χ1n) is 5.29. The largest absolute Gasteiger partial charge is 0.462 e. The van der Waals surface area contributed by atoms with E-state index in [1.54, 1.807) is 30.3 Å². The summed E-state index contributed by atoms with van der Waals surface area (Å²) < 4.78 is 4.99. The second-order valence-electron chi connectivity index (χ2n) is 3.47. The van der Waals surface area contributed by atoms with Crippen LogP contribution in [0.2, 0.25) is 0 Å². The SMILES string of the molecule is C=CCCOC(=O)c1ccc(NC(C)=O)cc1. The van der Waals surface area contributed by atoms with E-state index in [0.29, 0.717) is 24.3 Å². The number of carbonyl (C=O) groups excluding carboxylic acids is 2. The van der Waals surface area contributed by atoms with Gasteiger partial charge >= 0.3 is 5.97 Å². The van der Waals surface area contributed by atoms with Crippen LogP contribution < -0.4 is 5.32 Å². The molecule has 1 amide bonds. The lowest BCUT2D eigenvalue weighted by Crippen LogP contribution is -2.08. The van der Waals surface area contributed by atoms with Crippen LogP contribution in [0.25, 0.3) is 0 Å². The number of hydrogen-bond acceptors (Lipinski definition) is 3. The van der Waals surface area contributed by atoms with Crippen LogP contribution in [-0.2, 0) is 9.53 Å². The molecule has 0 aliphatic carbocycles. The predicted octanol–water partition coefficient (Wildman–Crippen LogP) is 2.38. The van der Waals surface area contributed by atoms with Crippen LogP contribution in [0.5, 0.6) is 0 Å². The van der Waals surface area contributed by atoms with Crippen molar-refractivity contribution in [2.45, 2.75) is 13.3 Å². The maximum Gasteiger partial charge on any atom is 0.338 e. The Morgan fingerprint density at radius 3 is 2.53 bits per heavy atom. The molecule has 17 heavy (non-hydrogen) atoms. The molecule has 90 valence electrons. The highest BCUT2D eigenvalue weighted by Crippen LogP contribution is 2.10.